The second-order valence-corrected chi connectivity index (χ2v) is 7.63. The number of aromatic nitrogens is 1. The minimum absolute atomic E-state index is 0.0104. The van der Waals surface area contributed by atoms with Crippen LogP contribution >= 0.6 is 0 Å². The number of nitrogens with zero attached hydrogens (tertiary/aromatic N) is 3. The summed E-state index contributed by atoms with van der Waals surface area (Å²) in [7, 11) is 0. The summed E-state index contributed by atoms with van der Waals surface area (Å²) >= 11 is 0. The van der Waals surface area contributed by atoms with E-state index in [2.05, 4.69) is 5.32 Å². The first-order valence-corrected chi connectivity index (χ1v) is 10.4. The SMILES string of the molecule is Cc1nc(-c2ccccc2)cc(-c2cccc([N+](=O)[O-])c2)c1NC(=O)CN1CCOCC1. The number of benzene rings is 2. The number of pyridine rings is 1. The Morgan fingerprint density at radius 1 is 1.09 bits per heavy atom. The van der Waals surface area contributed by atoms with Gasteiger partial charge in [0.1, 0.15) is 0 Å². The van der Waals surface area contributed by atoms with E-state index in [1.54, 1.807) is 12.1 Å². The maximum atomic E-state index is 12.8. The average molecular weight is 432 g/mol. The van der Waals surface area contributed by atoms with Gasteiger partial charge in [0.15, 0.2) is 0 Å². The minimum Gasteiger partial charge on any atom is -0.379 e. The maximum absolute atomic E-state index is 12.8. The van der Waals surface area contributed by atoms with Crippen LogP contribution in [0.2, 0.25) is 0 Å². The van der Waals surface area contributed by atoms with Crippen LogP contribution < -0.4 is 5.32 Å². The molecule has 3 aromatic rings. The molecule has 2 heterocycles. The first-order valence-electron chi connectivity index (χ1n) is 10.4. The largest absolute Gasteiger partial charge is 0.379 e. The number of hydrogen-bond acceptors (Lipinski definition) is 6. The third-order valence-corrected chi connectivity index (χ3v) is 5.37. The molecule has 0 bridgehead atoms. The zero-order valence-electron chi connectivity index (χ0n) is 17.8. The molecular weight excluding hydrogens is 408 g/mol. The van der Waals surface area contributed by atoms with E-state index in [0.29, 0.717) is 48.8 Å². The number of carbonyl (C=O) groups is 1. The third kappa shape index (κ3) is 4.99. The van der Waals surface area contributed by atoms with Gasteiger partial charge in [-0.3, -0.25) is 24.8 Å². The van der Waals surface area contributed by atoms with Gasteiger partial charge in [0.05, 0.1) is 41.8 Å². The molecule has 1 amide bonds. The van der Waals surface area contributed by atoms with Crippen LogP contribution in [-0.2, 0) is 9.53 Å². The van der Waals surface area contributed by atoms with E-state index in [1.807, 2.05) is 48.2 Å². The summed E-state index contributed by atoms with van der Waals surface area (Å²) in [6.07, 6.45) is 0. The quantitative estimate of drug-likeness (QED) is 0.469. The summed E-state index contributed by atoms with van der Waals surface area (Å²) in [6.45, 7) is 4.71. The van der Waals surface area contributed by atoms with Crippen LogP contribution in [0.3, 0.4) is 0 Å². The van der Waals surface area contributed by atoms with Gasteiger partial charge in [-0.25, -0.2) is 0 Å². The molecule has 8 nitrogen and oxygen atoms in total. The van der Waals surface area contributed by atoms with Gasteiger partial charge in [-0.2, -0.15) is 0 Å². The molecule has 8 heteroatoms. The molecule has 1 fully saturated rings. The highest BCUT2D eigenvalue weighted by Gasteiger charge is 2.19. The number of nitro groups is 1. The van der Waals surface area contributed by atoms with Crippen molar-refractivity contribution in [3.05, 3.63) is 76.5 Å². The number of non-ortho nitro benzene ring substituents is 1. The standard InChI is InChI=1S/C24H24N4O4/c1-17-24(26-23(29)16-27-10-12-32-13-11-27)21(19-8-5-9-20(14-19)28(30)31)15-22(25-17)18-6-3-2-4-7-18/h2-9,14-15H,10-13,16H2,1H3,(H,26,29). The smallest absolute Gasteiger partial charge is 0.270 e. The molecule has 1 aromatic heterocycles. The Kier molecular flexibility index (Phi) is 6.53. The molecule has 0 radical (unpaired) electrons. The van der Waals surface area contributed by atoms with Crippen LogP contribution in [-0.4, -0.2) is 53.6 Å². The molecule has 2 aromatic carbocycles. The van der Waals surface area contributed by atoms with Crippen LogP contribution in [0.25, 0.3) is 22.4 Å². The van der Waals surface area contributed by atoms with E-state index in [4.69, 9.17) is 9.72 Å². The van der Waals surface area contributed by atoms with Crippen molar-refractivity contribution in [2.75, 3.05) is 38.2 Å². The van der Waals surface area contributed by atoms with Gasteiger partial charge in [-0.1, -0.05) is 42.5 Å². The number of amides is 1. The Hall–Kier alpha value is -3.62. The predicted molar refractivity (Wildman–Crippen MR) is 122 cm³/mol. The lowest BCUT2D eigenvalue weighted by Gasteiger charge is -2.26. The van der Waals surface area contributed by atoms with Crippen molar-refractivity contribution in [3.63, 3.8) is 0 Å². The normalized spacial score (nSPS) is 14.2. The van der Waals surface area contributed by atoms with E-state index < -0.39 is 4.92 Å². The summed E-state index contributed by atoms with van der Waals surface area (Å²) in [5.41, 5.74) is 4.18. The molecular formula is C24H24N4O4. The Balaban J connectivity index is 1.73. The Labute approximate surface area is 186 Å². The van der Waals surface area contributed by atoms with Crippen molar-refractivity contribution < 1.29 is 14.5 Å². The topological polar surface area (TPSA) is 97.6 Å². The first kappa shape index (κ1) is 21.6. The molecule has 1 aliphatic heterocycles. The maximum Gasteiger partial charge on any atom is 0.270 e. The number of rotatable bonds is 6. The van der Waals surface area contributed by atoms with Crippen LogP contribution in [0.5, 0.6) is 0 Å². The lowest BCUT2D eigenvalue weighted by atomic mass is 9.99. The Morgan fingerprint density at radius 2 is 1.81 bits per heavy atom. The summed E-state index contributed by atoms with van der Waals surface area (Å²) in [4.78, 5) is 30.5. The van der Waals surface area contributed by atoms with Gasteiger partial charge < -0.3 is 10.1 Å². The number of nitro benzene ring substituents is 1. The molecule has 164 valence electrons. The molecule has 0 atom stereocenters. The van der Waals surface area contributed by atoms with Crippen LogP contribution in [0.4, 0.5) is 11.4 Å². The molecule has 0 spiro atoms. The van der Waals surface area contributed by atoms with Crippen LogP contribution in [0.15, 0.2) is 60.7 Å². The lowest BCUT2D eigenvalue weighted by Crippen LogP contribution is -2.41. The van der Waals surface area contributed by atoms with Gasteiger partial charge >= 0.3 is 0 Å². The molecule has 0 saturated carbocycles. The fraction of sp³-hybridized carbons (Fsp3) is 0.250. The molecule has 1 aliphatic rings. The summed E-state index contributed by atoms with van der Waals surface area (Å²) < 4.78 is 5.34. The third-order valence-electron chi connectivity index (χ3n) is 5.37. The number of carbonyl (C=O) groups excluding carboxylic acids is 1. The van der Waals surface area contributed by atoms with Gasteiger partial charge in [0.2, 0.25) is 5.91 Å². The van der Waals surface area contributed by atoms with Gasteiger partial charge in [0.25, 0.3) is 5.69 Å². The van der Waals surface area contributed by atoms with Crippen molar-refractivity contribution in [1.29, 1.82) is 0 Å². The van der Waals surface area contributed by atoms with E-state index in [-0.39, 0.29) is 18.1 Å². The van der Waals surface area contributed by atoms with Crippen LogP contribution in [0.1, 0.15) is 5.69 Å². The van der Waals surface area contributed by atoms with Gasteiger partial charge in [-0.05, 0) is 18.6 Å². The number of morpholine rings is 1. The van der Waals surface area contributed by atoms with E-state index in [9.17, 15) is 14.9 Å². The molecule has 0 aliphatic carbocycles. The lowest BCUT2D eigenvalue weighted by molar-refractivity contribution is -0.384. The summed E-state index contributed by atoms with van der Waals surface area (Å²) in [6, 6.07) is 18.0. The van der Waals surface area contributed by atoms with E-state index in [1.165, 1.54) is 12.1 Å². The monoisotopic (exact) mass is 432 g/mol. The van der Waals surface area contributed by atoms with E-state index in [0.717, 1.165) is 11.3 Å². The molecule has 1 saturated heterocycles. The number of nitrogens with one attached hydrogen (secondary N) is 1. The molecule has 4 rings (SSSR count). The van der Waals surface area contributed by atoms with Gasteiger partial charge in [0, 0.05) is 36.3 Å². The van der Waals surface area contributed by atoms with Crippen molar-refractivity contribution in [1.82, 2.24) is 9.88 Å². The molecule has 32 heavy (non-hydrogen) atoms. The number of anilines is 1. The van der Waals surface area contributed by atoms with Crippen LogP contribution in [0, 0.1) is 17.0 Å². The molecule has 1 N–H and O–H groups in total. The summed E-state index contributed by atoms with van der Waals surface area (Å²) in [5, 5.41) is 14.3. The minimum atomic E-state index is -0.424. The zero-order chi connectivity index (χ0) is 22.5. The average Bonchev–Trinajstić information content (AvgIpc) is 2.81. The predicted octanol–water partition coefficient (Wildman–Crippen LogP) is 3.90. The highest BCUT2D eigenvalue weighted by Crippen LogP contribution is 2.35. The molecule has 0 unspecified atom stereocenters. The van der Waals surface area contributed by atoms with Crippen molar-refractivity contribution in [2.24, 2.45) is 0 Å². The highest BCUT2D eigenvalue weighted by molar-refractivity contribution is 5.98. The number of ether oxygens (including phenoxy) is 1. The Bertz CT molecular complexity index is 1130. The van der Waals surface area contributed by atoms with Crippen molar-refractivity contribution in [3.8, 4) is 22.4 Å². The fourth-order valence-corrected chi connectivity index (χ4v) is 3.74. The van der Waals surface area contributed by atoms with E-state index >= 15 is 0 Å². The second kappa shape index (κ2) is 9.67. The zero-order valence-corrected chi connectivity index (χ0v) is 17.8. The number of hydrogen-bond donors (Lipinski definition) is 1. The summed E-state index contributed by atoms with van der Waals surface area (Å²) in [5.74, 6) is -0.157. The Morgan fingerprint density at radius 3 is 2.53 bits per heavy atom. The first-order chi connectivity index (χ1) is 15.5. The fourth-order valence-electron chi connectivity index (χ4n) is 3.74. The second-order valence-electron chi connectivity index (χ2n) is 7.63. The van der Waals surface area contributed by atoms with Crippen molar-refractivity contribution in [2.45, 2.75) is 6.92 Å². The van der Waals surface area contributed by atoms with Crippen molar-refractivity contribution >= 4 is 17.3 Å². The number of aryl methyl sites for hydroxylation is 1. The highest BCUT2D eigenvalue weighted by atomic mass is 16.6. The van der Waals surface area contributed by atoms with Gasteiger partial charge in [-0.15, -0.1) is 0 Å².